The van der Waals surface area contributed by atoms with Crippen LogP contribution >= 0.6 is 11.3 Å². The van der Waals surface area contributed by atoms with Gasteiger partial charge in [0.1, 0.15) is 11.9 Å². The van der Waals surface area contributed by atoms with Crippen LogP contribution in [-0.2, 0) is 11.2 Å². The summed E-state index contributed by atoms with van der Waals surface area (Å²) in [6.45, 7) is 5.17. The molecule has 0 amide bonds. The Morgan fingerprint density at radius 1 is 1.06 bits per heavy atom. The zero-order valence-electron chi connectivity index (χ0n) is 21.4. The largest absolute Gasteiger partial charge is 0.480 e. The van der Waals surface area contributed by atoms with E-state index in [1.165, 1.54) is 56.1 Å². The van der Waals surface area contributed by atoms with E-state index in [4.69, 9.17) is 0 Å². The minimum absolute atomic E-state index is 0.158. The molecule has 3 aliphatic rings. The van der Waals surface area contributed by atoms with Crippen molar-refractivity contribution in [3.05, 3.63) is 58.0 Å². The summed E-state index contributed by atoms with van der Waals surface area (Å²) in [5.41, 5.74) is 2.63. The van der Waals surface area contributed by atoms with Crippen molar-refractivity contribution in [2.45, 2.75) is 69.7 Å². The second-order valence-electron chi connectivity index (χ2n) is 11.5. The van der Waals surface area contributed by atoms with E-state index in [0.29, 0.717) is 17.8 Å². The van der Waals surface area contributed by atoms with Gasteiger partial charge in [0, 0.05) is 25.6 Å². The summed E-state index contributed by atoms with van der Waals surface area (Å²) < 4.78 is 13.1. The Morgan fingerprint density at radius 2 is 1.83 bits per heavy atom. The highest BCUT2D eigenvalue weighted by molar-refractivity contribution is 7.08. The number of hydrogen-bond donors (Lipinski definition) is 1. The van der Waals surface area contributed by atoms with Crippen LogP contribution in [0.5, 0.6) is 0 Å². The predicted octanol–water partition coefficient (Wildman–Crippen LogP) is 6.28. The number of aryl methyl sites for hydroxylation is 1. The van der Waals surface area contributed by atoms with Crippen LogP contribution in [0.25, 0.3) is 0 Å². The number of halogens is 1. The molecular formula is C30H41FN2O2S. The molecule has 196 valence electrons. The van der Waals surface area contributed by atoms with Crippen molar-refractivity contribution in [2.75, 3.05) is 32.7 Å². The van der Waals surface area contributed by atoms with E-state index in [2.05, 4.69) is 26.6 Å². The summed E-state index contributed by atoms with van der Waals surface area (Å²) in [4.78, 5) is 17.2. The second-order valence-corrected chi connectivity index (χ2v) is 12.3. The number of nitrogens with zero attached hydrogens (tertiary/aromatic N) is 2. The highest BCUT2D eigenvalue weighted by atomic mass is 32.1. The predicted molar refractivity (Wildman–Crippen MR) is 144 cm³/mol. The fraction of sp³-hybridized carbons (Fsp3) is 0.633. The minimum Gasteiger partial charge on any atom is -0.480 e. The first-order valence-electron chi connectivity index (χ1n) is 14.0. The van der Waals surface area contributed by atoms with Crippen LogP contribution in [0, 0.1) is 23.6 Å². The first-order chi connectivity index (χ1) is 17.5. The average molecular weight is 513 g/mol. The van der Waals surface area contributed by atoms with Gasteiger partial charge in [-0.1, -0.05) is 37.8 Å². The van der Waals surface area contributed by atoms with Gasteiger partial charge in [-0.2, -0.15) is 11.3 Å². The lowest BCUT2D eigenvalue weighted by atomic mass is 9.80. The smallest absolute Gasteiger partial charge is 0.320 e. The van der Waals surface area contributed by atoms with Crippen molar-refractivity contribution in [3.8, 4) is 0 Å². The SMILES string of the molecule is O=C(O)C(CC1CCC1)N1CC(CN2CCC(CCCc3ccc(F)cc3)CC2)C(c2ccsc2)C1. The summed E-state index contributed by atoms with van der Waals surface area (Å²) in [6, 6.07) is 8.87. The molecule has 3 fully saturated rings. The first kappa shape index (κ1) is 25.9. The number of benzene rings is 1. The molecule has 1 aromatic carbocycles. The van der Waals surface area contributed by atoms with Gasteiger partial charge in [0.15, 0.2) is 0 Å². The molecule has 5 rings (SSSR count). The van der Waals surface area contributed by atoms with E-state index in [1.54, 1.807) is 23.5 Å². The Kier molecular flexibility index (Phi) is 8.76. The molecule has 3 atom stereocenters. The number of likely N-dealkylation sites (tertiary alicyclic amines) is 2. The van der Waals surface area contributed by atoms with Gasteiger partial charge >= 0.3 is 5.97 Å². The number of aliphatic carboxylic acids is 1. The lowest BCUT2D eigenvalue weighted by Crippen LogP contribution is -2.43. The van der Waals surface area contributed by atoms with E-state index >= 15 is 0 Å². The Hall–Kier alpha value is -1.76. The molecule has 3 heterocycles. The maximum atomic E-state index is 13.1. The molecule has 0 radical (unpaired) electrons. The lowest BCUT2D eigenvalue weighted by Gasteiger charge is -2.35. The van der Waals surface area contributed by atoms with Crippen molar-refractivity contribution < 1.29 is 14.3 Å². The van der Waals surface area contributed by atoms with Gasteiger partial charge in [0.25, 0.3) is 0 Å². The van der Waals surface area contributed by atoms with Gasteiger partial charge in [-0.15, -0.1) is 0 Å². The average Bonchev–Trinajstić information content (AvgIpc) is 3.51. The molecule has 2 aliphatic heterocycles. The summed E-state index contributed by atoms with van der Waals surface area (Å²) >= 11 is 1.75. The fourth-order valence-electron chi connectivity index (χ4n) is 6.69. The van der Waals surface area contributed by atoms with Gasteiger partial charge < -0.3 is 10.0 Å². The molecule has 1 aliphatic carbocycles. The Labute approximate surface area is 219 Å². The van der Waals surface area contributed by atoms with Gasteiger partial charge in [0.2, 0.25) is 0 Å². The molecule has 4 nitrogen and oxygen atoms in total. The van der Waals surface area contributed by atoms with Crippen molar-refractivity contribution in [1.82, 2.24) is 9.80 Å². The van der Waals surface area contributed by atoms with E-state index in [-0.39, 0.29) is 11.9 Å². The molecule has 1 N–H and O–H groups in total. The molecule has 0 spiro atoms. The molecule has 3 unspecified atom stereocenters. The Bertz CT molecular complexity index is 954. The fourth-order valence-corrected chi connectivity index (χ4v) is 7.42. The molecule has 36 heavy (non-hydrogen) atoms. The van der Waals surface area contributed by atoms with E-state index in [9.17, 15) is 14.3 Å². The van der Waals surface area contributed by atoms with E-state index < -0.39 is 5.97 Å². The maximum absolute atomic E-state index is 13.1. The van der Waals surface area contributed by atoms with Crippen LogP contribution in [-0.4, -0.2) is 59.6 Å². The first-order valence-corrected chi connectivity index (χ1v) is 14.9. The van der Waals surface area contributed by atoms with Crippen LogP contribution in [0.15, 0.2) is 41.1 Å². The summed E-state index contributed by atoms with van der Waals surface area (Å²) in [5, 5.41) is 14.5. The van der Waals surface area contributed by atoms with Crippen LogP contribution in [0.1, 0.15) is 68.4 Å². The van der Waals surface area contributed by atoms with Gasteiger partial charge in [0.05, 0.1) is 0 Å². The summed E-state index contributed by atoms with van der Waals surface area (Å²) in [5.74, 6) is 1.54. The van der Waals surface area contributed by atoms with E-state index in [1.807, 2.05) is 12.1 Å². The third kappa shape index (κ3) is 6.56. The number of piperidine rings is 1. The quantitative estimate of drug-likeness (QED) is 0.385. The summed E-state index contributed by atoms with van der Waals surface area (Å²) in [7, 11) is 0. The molecule has 1 saturated carbocycles. The lowest BCUT2D eigenvalue weighted by molar-refractivity contribution is -0.144. The van der Waals surface area contributed by atoms with Crippen LogP contribution in [0.3, 0.4) is 0 Å². The topological polar surface area (TPSA) is 43.8 Å². The van der Waals surface area contributed by atoms with Gasteiger partial charge in [-0.05, 0) is 103 Å². The van der Waals surface area contributed by atoms with Gasteiger partial charge in [-0.25, -0.2) is 4.39 Å². The van der Waals surface area contributed by atoms with Crippen molar-refractivity contribution in [1.29, 1.82) is 0 Å². The van der Waals surface area contributed by atoms with Gasteiger partial charge in [-0.3, -0.25) is 9.69 Å². The van der Waals surface area contributed by atoms with Crippen LogP contribution in [0.4, 0.5) is 4.39 Å². The maximum Gasteiger partial charge on any atom is 0.320 e. The Morgan fingerprint density at radius 3 is 2.47 bits per heavy atom. The number of carboxylic acids is 1. The van der Waals surface area contributed by atoms with Crippen molar-refractivity contribution in [2.24, 2.45) is 17.8 Å². The third-order valence-corrected chi connectivity index (χ3v) is 9.84. The van der Waals surface area contributed by atoms with E-state index in [0.717, 1.165) is 51.5 Å². The molecule has 6 heteroatoms. The van der Waals surface area contributed by atoms with Crippen molar-refractivity contribution >= 4 is 17.3 Å². The van der Waals surface area contributed by atoms with Crippen LogP contribution in [0.2, 0.25) is 0 Å². The molecule has 1 aromatic heterocycles. The zero-order valence-corrected chi connectivity index (χ0v) is 22.2. The highest BCUT2D eigenvalue weighted by Gasteiger charge is 2.41. The number of carbonyl (C=O) groups is 1. The molecule has 0 bridgehead atoms. The number of thiophene rings is 1. The normalized spacial score (nSPS) is 25.1. The number of hydrogen-bond acceptors (Lipinski definition) is 4. The zero-order chi connectivity index (χ0) is 24.9. The second kappa shape index (κ2) is 12.2. The highest BCUT2D eigenvalue weighted by Crippen LogP contribution is 2.39. The summed E-state index contributed by atoms with van der Waals surface area (Å²) in [6.07, 6.45) is 10.5. The molecule has 2 aromatic rings. The Balaban J connectivity index is 1.12. The van der Waals surface area contributed by atoms with Crippen LogP contribution < -0.4 is 0 Å². The van der Waals surface area contributed by atoms with Crippen molar-refractivity contribution in [3.63, 3.8) is 0 Å². The standard InChI is InChI=1S/C30H41FN2O2S/c31-27-9-7-22(8-10-27)3-1-4-23-11-14-32(15-12-23)18-26-19-33(20-28(26)25-13-16-36-21-25)29(30(34)35)17-24-5-2-6-24/h7-10,13,16,21,23-24,26,28-29H,1-6,11-12,14-15,17-20H2,(H,34,35). The number of carboxylic acid groups (broad SMARTS) is 1. The molecule has 2 saturated heterocycles. The monoisotopic (exact) mass is 512 g/mol. The minimum atomic E-state index is -0.631. The molecular weight excluding hydrogens is 471 g/mol. The third-order valence-electron chi connectivity index (χ3n) is 9.14. The number of rotatable bonds is 11.